The van der Waals surface area contributed by atoms with Gasteiger partial charge in [-0.25, -0.2) is 4.98 Å². The number of oxazole rings is 1. The van der Waals surface area contributed by atoms with Gasteiger partial charge in [0.05, 0.1) is 12.1 Å². The maximum absolute atomic E-state index is 12.7. The van der Waals surface area contributed by atoms with E-state index in [0.717, 1.165) is 17.7 Å². The van der Waals surface area contributed by atoms with Crippen LogP contribution in [0.1, 0.15) is 5.56 Å². The third kappa shape index (κ3) is 7.76. The minimum absolute atomic E-state index is 0.100. The molecule has 8 nitrogen and oxygen atoms in total. The number of anilines is 1. The number of piperazine rings is 1. The van der Waals surface area contributed by atoms with Gasteiger partial charge in [-0.2, -0.15) is 13.2 Å². The molecule has 0 aliphatic carbocycles. The van der Waals surface area contributed by atoms with E-state index in [1.165, 1.54) is 12.1 Å². The Labute approximate surface area is 239 Å². The molecule has 1 aromatic heterocycles. The van der Waals surface area contributed by atoms with E-state index >= 15 is 0 Å². The summed E-state index contributed by atoms with van der Waals surface area (Å²) >= 11 is 5.95. The Kier molecular flexibility index (Phi) is 8.79. The number of aliphatic hydroxyl groups excluding tert-OH is 1. The Morgan fingerprint density at radius 3 is 2.39 bits per heavy atom. The molecular weight excluding hydrogens is 561 g/mol. The summed E-state index contributed by atoms with van der Waals surface area (Å²) in [6, 6.07) is 16.9. The standard InChI is InChI=1S/C29H28ClF3N4O4/c30-21-5-1-19(2-6-21)28-35-25-15-24(9-10-26(25)41-28)40-18-23(38)16-36-11-13-37(14-12-36)17-27(39)34-22-7-3-20(4-8-22)29(31,32)33/h1-10,15,23,38H,11-14,16-18H2,(H,34,39)/t23-/m0/s1. The van der Waals surface area contributed by atoms with Gasteiger partial charge in [-0.3, -0.25) is 14.6 Å². The number of hydrogen-bond acceptors (Lipinski definition) is 7. The largest absolute Gasteiger partial charge is 0.491 e. The predicted molar refractivity (Wildman–Crippen MR) is 149 cm³/mol. The van der Waals surface area contributed by atoms with Crippen molar-refractivity contribution in [1.82, 2.24) is 14.8 Å². The van der Waals surface area contributed by atoms with Crippen molar-refractivity contribution in [2.75, 3.05) is 51.2 Å². The fraction of sp³-hybridized carbons (Fsp3) is 0.310. The number of alkyl halides is 3. The quantitative estimate of drug-likeness (QED) is 0.279. The monoisotopic (exact) mass is 588 g/mol. The molecule has 0 saturated carbocycles. The molecule has 1 amide bonds. The number of carbonyl (C=O) groups is 1. The first-order chi connectivity index (χ1) is 19.6. The smallest absolute Gasteiger partial charge is 0.416 e. The normalized spacial score (nSPS) is 15.6. The van der Waals surface area contributed by atoms with Crippen molar-refractivity contribution in [3.05, 3.63) is 77.3 Å². The van der Waals surface area contributed by atoms with Crippen LogP contribution in [0.2, 0.25) is 5.02 Å². The minimum Gasteiger partial charge on any atom is -0.491 e. The van der Waals surface area contributed by atoms with Crippen LogP contribution in [0.5, 0.6) is 5.75 Å². The highest BCUT2D eigenvalue weighted by Gasteiger charge is 2.30. The second-order valence-electron chi connectivity index (χ2n) is 9.82. The van der Waals surface area contributed by atoms with Crippen molar-refractivity contribution in [3.63, 3.8) is 0 Å². The number of ether oxygens (including phenoxy) is 1. The summed E-state index contributed by atoms with van der Waals surface area (Å²) in [7, 11) is 0. The molecule has 1 saturated heterocycles. The minimum atomic E-state index is -4.42. The topological polar surface area (TPSA) is 91.1 Å². The van der Waals surface area contributed by atoms with Gasteiger partial charge in [-0.15, -0.1) is 0 Å². The lowest BCUT2D eigenvalue weighted by Gasteiger charge is -2.35. The molecule has 1 atom stereocenters. The summed E-state index contributed by atoms with van der Waals surface area (Å²) in [5.41, 5.74) is 1.62. The number of nitrogens with zero attached hydrogens (tertiary/aromatic N) is 3. The number of nitrogens with one attached hydrogen (secondary N) is 1. The number of β-amino-alcohol motifs (C(OH)–C–C–N with tert-alkyl or cyclic N) is 1. The highest BCUT2D eigenvalue weighted by molar-refractivity contribution is 6.30. The van der Waals surface area contributed by atoms with Gasteiger partial charge in [-0.1, -0.05) is 11.6 Å². The highest BCUT2D eigenvalue weighted by Crippen LogP contribution is 2.30. The number of amides is 1. The number of rotatable bonds is 9. The van der Waals surface area contributed by atoms with Crippen molar-refractivity contribution < 1.29 is 32.2 Å². The summed E-state index contributed by atoms with van der Waals surface area (Å²) in [6.07, 6.45) is -5.14. The number of benzene rings is 3. The zero-order valence-electron chi connectivity index (χ0n) is 21.9. The van der Waals surface area contributed by atoms with Crippen molar-refractivity contribution in [1.29, 1.82) is 0 Å². The first-order valence-corrected chi connectivity index (χ1v) is 13.4. The molecule has 0 spiro atoms. The van der Waals surface area contributed by atoms with Crippen LogP contribution < -0.4 is 10.1 Å². The predicted octanol–water partition coefficient (Wildman–Crippen LogP) is 5.16. The average molecular weight is 589 g/mol. The fourth-order valence-electron chi connectivity index (χ4n) is 4.53. The Balaban J connectivity index is 1.04. The summed E-state index contributed by atoms with van der Waals surface area (Å²) in [4.78, 5) is 20.9. The number of aliphatic hydroxyl groups is 1. The van der Waals surface area contributed by atoms with Gasteiger partial charge in [0.2, 0.25) is 11.8 Å². The van der Waals surface area contributed by atoms with Crippen LogP contribution in [0.4, 0.5) is 18.9 Å². The van der Waals surface area contributed by atoms with Crippen LogP contribution in [0.3, 0.4) is 0 Å². The lowest BCUT2D eigenvalue weighted by atomic mass is 10.2. The molecule has 3 aromatic carbocycles. The van der Waals surface area contributed by atoms with Gasteiger partial charge >= 0.3 is 6.18 Å². The molecule has 41 heavy (non-hydrogen) atoms. The molecule has 2 N–H and O–H groups in total. The third-order valence-corrected chi connectivity index (χ3v) is 6.94. The van der Waals surface area contributed by atoms with Crippen molar-refractivity contribution >= 4 is 34.3 Å². The molecule has 5 rings (SSSR count). The maximum Gasteiger partial charge on any atom is 0.416 e. The van der Waals surface area contributed by atoms with E-state index in [0.29, 0.717) is 66.2 Å². The molecule has 0 bridgehead atoms. The van der Waals surface area contributed by atoms with Crippen molar-refractivity contribution in [3.8, 4) is 17.2 Å². The van der Waals surface area contributed by atoms with E-state index in [1.54, 1.807) is 30.3 Å². The van der Waals surface area contributed by atoms with Gasteiger partial charge in [0, 0.05) is 55.1 Å². The first-order valence-electron chi connectivity index (χ1n) is 13.0. The number of fused-ring (bicyclic) bond motifs is 1. The molecular formula is C29H28ClF3N4O4. The van der Waals surface area contributed by atoms with Gasteiger partial charge in [0.15, 0.2) is 5.58 Å². The molecule has 2 heterocycles. The fourth-order valence-corrected chi connectivity index (χ4v) is 4.66. The van der Waals surface area contributed by atoms with Gasteiger partial charge in [0.25, 0.3) is 0 Å². The number of halogens is 4. The molecule has 1 aliphatic rings. The van der Waals surface area contributed by atoms with E-state index in [9.17, 15) is 23.1 Å². The Morgan fingerprint density at radius 1 is 1.02 bits per heavy atom. The Bertz CT molecular complexity index is 1470. The zero-order valence-corrected chi connectivity index (χ0v) is 22.7. The molecule has 1 fully saturated rings. The van der Waals surface area contributed by atoms with Crippen LogP contribution in [0, 0.1) is 0 Å². The Morgan fingerprint density at radius 2 is 1.71 bits per heavy atom. The van der Waals surface area contributed by atoms with E-state index in [1.807, 2.05) is 17.0 Å². The SMILES string of the molecule is O=C(CN1CCN(C[C@H](O)COc2ccc3oc(-c4ccc(Cl)cc4)nc3c2)CC1)Nc1ccc(C(F)(F)F)cc1. The first kappa shape index (κ1) is 28.9. The highest BCUT2D eigenvalue weighted by atomic mass is 35.5. The molecule has 12 heteroatoms. The average Bonchev–Trinajstić information content (AvgIpc) is 3.37. The van der Waals surface area contributed by atoms with Gasteiger partial charge in [-0.05, 0) is 60.7 Å². The second kappa shape index (κ2) is 12.5. The molecule has 1 aliphatic heterocycles. The van der Waals surface area contributed by atoms with Crippen molar-refractivity contribution in [2.45, 2.75) is 12.3 Å². The Hall–Kier alpha value is -3.64. The summed E-state index contributed by atoms with van der Waals surface area (Å²) in [5.74, 6) is 0.748. The van der Waals surface area contributed by atoms with Crippen molar-refractivity contribution in [2.24, 2.45) is 0 Å². The van der Waals surface area contributed by atoms with Crippen LogP contribution in [0.25, 0.3) is 22.6 Å². The lowest BCUT2D eigenvalue weighted by Crippen LogP contribution is -2.50. The maximum atomic E-state index is 12.7. The van der Waals surface area contributed by atoms with Crippen LogP contribution in [0.15, 0.2) is 71.1 Å². The van der Waals surface area contributed by atoms with Crippen LogP contribution in [-0.4, -0.2) is 77.8 Å². The van der Waals surface area contributed by atoms with Crippen LogP contribution in [-0.2, 0) is 11.0 Å². The lowest BCUT2D eigenvalue weighted by molar-refractivity contribution is -0.137. The molecule has 0 unspecified atom stereocenters. The van der Waals surface area contributed by atoms with Gasteiger partial charge in [0.1, 0.15) is 24.0 Å². The van der Waals surface area contributed by atoms with E-state index in [-0.39, 0.29) is 19.1 Å². The zero-order chi connectivity index (χ0) is 29.0. The van der Waals surface area contributed by atoms with E-state index < -0.39 is 17.8 Å². The number of carbonyl (C=O) groups excluding carboxylic acids is 1. The third-order valence-electron chi connectivity index (χ3n) is 6.69. The van der Waals surface area contributed by atoms with E-state index in [2.05, 4.69) is 15.2 Å². The molecule has 4 aromatic rings. The van der Waals surface area contributed by atoms with E-state index in [4.69, 9.17) is 20.8 Å². The summed E-state index contributed by atoms with van der Waals surface area (Å²) in [6.45, 7) is 3.19. The van der Waals surface area contributed by atoms with Gasteiger partial charge < -0.3 is 19.6 Å². The summed E-state index contributed by atoms with van der Waals surface area (Å²) in [5, 5.41) is 13.8. The number of aromatic nitrogens is 1. The second-order valence-corrected chi connectivity index (χ2v) is 10.3. The molecule has 0 radical (unpaired) electrons. The number of hydrogen-bond donors (Lipinski definition) is 2. The molecule has 216 valence electrons. The summed E-state index contributed by atoms with van der Waals surface area (Å²) < 4.78 is 49.7. The van der Waals surface area contributed by atoms with Crippen LogP contribution >= 0.6 is 11.6 Å².